The zero-order valence-electron chi connectivity index (χ0n) is 10.3. The van der Waals surface area contributed by atoms with E-state index in [1.165, 1.54) is 0 Å². The summed E-state index contributed by atoms with van der Waals surface area (Å²) >= 11 is 0. The monoisotopic (exact) mass is 246 g/mol. The highest BCUT2D eigenvalue weighted by atomic mass is 16.3. The molecule has 0 bridgehead atoms. The van der Waals surface area contributed by atoms with Crippen LogP contribution in [0.1, 0.15) is 37.7 Å². The van der Waals surface area contributed by atoms with E-state index in [9.17, 15) is 5.11 Å². The fourth-order valence-corrected chi connectivity index (χ4v) is 2.32. The van der Waals surface area contributed by atoms with Crippen molar-refractivity contribution in [3.05, 3.63) is 17.8 Å². The van der Waals surface area contributed by atoms with Gasteiger partial charge in [-0.25, -0.2) is 4.98 Å². The Morgan fingerprint density at radius 2 is 2.17 bits per heavy atom. The third-order valence-corrected chi connectivity index (χ3v) is 3.41. The Kier molecular flexibility index (Phi) is 4.00. The molecule has 1 saturated carbocycles. The van der Waals surface area contributed by atoms with E-state index < -0.39 is 0 Å². The van der Waals surface area contributed by atoms with E-state index in [1.807, 2.05) is 6.07 Å². The first-order valence-electron chi connectivity index (χ1n) is 6.31. The third-order valence-electron chi connectivity index (χ3n) is 3.41. The number of rotatable bonds is 2. The van der Waals surface area contributed by atoms with Gasteiger partial charge in [-0.05, 0) is 18.9 Å². The fourth-order valence-electron chi connectivity index (χ4n) is 2.32. The van der Waals surface area contributed by atoms with Gasteiger partial charge in [0.05, 0.1) is 23.4 Å². The van der Waals surface area contributed by atoms with Crippen molar-refractivity contribution in [1.82, 2.24) is 4.98 Å². The van der Waals surface area contributed by atoms with Gasteiger partial charge in [0.25, 0.3) is 0 Å². The maximum Gasteiger partial charge on any atom is 0.150 e. The molecule has 0 aliphatic heterocycles. The average molecular weight is 246 g/mol. The average Bonchev–Trinajstić information content (AvgIpc) is 2.57. The summed E-state index contributed by atoms with van der Waals surface area (Å²) in [4.78, 5) is 4.15. The lowest BCUT2D eigenvalue weighted by Gasteiger charge is -2.23. The van der Waals surface area contributed by atoms with Crippen molar-refractivity contribution in [2.24, 2.45) is 0 Å². The summed E-state index contributed by atoms with van der Waals surface area (Å²) in [7, 11) is 0. The van der Waals surface area contributed by atoms with Gasteiger partial charge in [0, 0.05) is 6.20 Å². The molecule has 0 amide bonds. The number of aliphatic hydroxyl groups excluding tert-OH is 1. The standard InChI is InChI=1S/C13H18N4O/c14-8-9-6-7-16-13(12(9)15)17-10-4-2-1-3-5-11(10)18/h6-7,10-11,18H,1-5,15H2,(H,16,17). The summed E-state index contributed by atoms with van der Waals surface area (Å²) in [5.74, 6) is 0.500. The zero-order chi connectivity index (χ0) is 13.0. The Hall–Kier alpha value is -1.80. The molecule has 1 fully saturated rings. The molecule has 0 aromatic carbocycles. The van der Waals surface area contributed by atoms with Crippen molar-refractivity contribution < 1.29 is 5.11 Å². The predicted octanol–water partition coefficient (Wildman–Crippen LogP) is 1.64. The number of nitrogens with two attached hydrogens (primary N) is 1. The van der Waals surface area contributed by atoms with Crippen LogP contribution in [0, 0.1) is 11.3 Å². The van der Waals surface area contributed by atoms with E-state index in [0.29, 0.717) is 17.1 Å². The SMILES string of the molecule is N#Cc1ccnc(NC2CCCCCC2O)c1N. The van der Waals surface area contributed by atoms with Gasteiger partial charge in [0.1, 0.15) is 6.07 Å². The molecule has 2 rings (SSSR count). The van der Waals surface area contributed by atoms with Gasteiger partial charge in [-0.1, -0.05) is 19.3 Å². The molecule has 1 aromatic rings. The highest BCUT2D eigenvalue weighted by Crippen LogP contribution is 2.25. The molecule has 1 aliphatic rings. The first-order valence-corrected chi connectivity index (χ1v) is 6.31. The van der Waals surface area contributed by atoms with E-state index in [-0.39, 0.29) is 12.1 Å². The number of nitrogens with one attached hydrogen (secondary N) is 1. The van der Waals surface area contributed by atoms with Crippen molar-refractivity contribution >= 4 is 11.5 Å². The molecular formula is C13H18N4O. The second-order valence-corrected chi connectivity index (χ2v) is 4.69. The predicted molar refractivity (Wildman–Crippen MR) is 69.9 cm³/mol. The minimum atomic E-state index is -0.376. The van der Waals surface area contributed by atoms with Crippen molar-refractivity contribution in [2.45, 2.75) is 44.2 Å². The molecule has 96 valence electrons. The summed E-state index contributed by atoms with van der Waals surface area (Å²) in [6, 6.07) is 3.59. The summed E-state index contributed by atoms with van der Waals surface area (Å²) < 4.78 is 0. The van der Waals surface area contributed by atoms with Gasteiger partial charge in [-0.15, -0.1) is 0 Å². The Morgan fingerprint density at radius 3 is 2.94 bits per heavy atom. The van der Waals surface area contributed by atoms with Crippen LogP contribution in [0.25, 0.3) is 0 Å². The lowest BCUT2D eigenvalue weighted by atomic mass is 10.1. The lowest BCUT2D eigenvalue weighted by molar-refractivity contribution is 0.144. The van der Waals surface area contributed by atoms with Crippen LogP contribution in [-0.4, -0.2) is 22.2 Å². The molecule has 0 spiro atoms. The number of hydrogen-bond acceptors (Lipinski definition) is 5. The quantitative estimate of drug-likeness (QED) is 0.689. The second kappa shape index (κ2) is 5.69. The van der Waals surface area contributed by atoms with E-state index in [2.05, 4.69) is 10.3 Å². The van der Waals surface area contributed by atoms with E-state index in [0.717, 1.165) is 32.1 Å². The van der Waals surface area contributed by atoms with E-state index in [1.54, 1.807) is 12.3 Å². The minimum absolute atomic E-state index is 0.0313. The number of aromatic nitrogens is 1. The first-order chi connectivity index (χ1) is 8.72. The summed E-state index contributed by atoms with van der Waals surface area (Å²) in [5, 5.41) is 22.1. The summed E-state index contributed by atoms with van der Waals surface area (Å²) in [6.07, 6.45) is 6.18. The van der Waals surface area contributed by atoms with Gasteiger partial charge in [-0.2, -0.15) is 5.26 Å². The van der Waals surface area contributed by atoms with Crippen molar-refractivity contribution in [3.8, 4) is 6.07 Å². The largest absolute Gasteiger partial charge is 0.395 e. The van der Waals surface area contributed by atoms with Crippen LogP contribution >= 0.6 is 0 Å². The molecule has 1 aromatic heterocycles. The molecule has 5 heteroatoms. The maximum atomic E-state index is 10.0. The topological polar surface area (TPSA) is 95.0 Å². The zero-order valence-corrected chi connectivity index (χ0v) is 10.3. The molecule has 0 saturated heterocycles. The van der Waals surface area contributed by atoms with Crippen LogP contribution in [-0.2, 0) is 0 Å². The van der Waals surface area contributed by atoms with E-state index in [4.69, 9.17) is 11.0 Å². The highest BCUT2D eigenvalue weighted by molar-refractivity contribution is 5.69. The van der Waals surface area contributed by atoms with Crippen LogP contribution < -0.4 is 11.1 Å². The Balaban J connectivity index is 2.15. The Labute approximate surface area is 107 Å². The number of nitriles is 1. The van der Waals surface area contributed by atoms with Crippen molar-refractivity contribution in [1.29, 1.82) is 5.26 Å². The Morgan fingerprint density at radius 1 is 1.39 bits per heavy atom. The van der Waals surface area contributed by atoms with Crippen molar-refractivity contribution in [3.63, 3.8) is 0 Å². The van der Waals surface area contributed by atoms with Gasteiger partial charge in [0.2, 0.25) is 0 Å². The number of aliphatic hydroxyl groups is 1. The lowest BCUT2D eigenvalue weighted by Crippen LogP contribution is -2.33. The van der Waals surface area contributed by atoms with Crippen LogP contribution in [0.4, 0.5) is 11.5 Å². The fraction of sp³-hybridized carbons (Fsp3) is 0.538. The minimum Gasteiger partial charge on any atom is -0.395 e. The summed E-state index contributed by atoms with van der Waals surface area (Å²) in [5.41, 5.74) is 6.64. The highest BCUT2D eigenvalue weighted by Gasteiger charge is 2.22. The van der Waals surface area contributed by atoms with Gasteiger partial charge < -0.3 is 16.2 Å². The van der Waals surface area contributed by atoms with Crippen LogP contribution in [0.2, 0.25) is 0 Å². The smallest absolute Gasteiger partial charge is 0.150 e. The van der Waals surface area contributed by atoms with Gasteiger partial charge in [-0.3, -0.25) is 0 Å². The molecule has 18 heavy (non-hydrogen) atoms. The van der Waals surface area contributed by atoms with Gasteiger partial charge >= 0.3 is 0 Å². The molecule has 0 radical (unpaired) electrons. The molecule has 5 nitrogen and oxygen atoms in total. The van der Waals surface area contributed by atoms with Crippen molar-refractivity contribution in [2.75, 3.05) is 11.1 Å². The second-order valence-electron chi connectivity index (χ2n) is 4.69. The molecule has 2 unspecified atom stereocenters. The Bertz CT molecular complexity index is 455. The number of pyridine rings is 1. The molecular weight excluding hydrogens is 228 g/mol. The normalized spacial score (nSPS) is 24.0. The maximum absolute atomic E-state index is 10.0. The number of hydrogen-bond donors (Lipinski definition) is 3. The van der Waals surface area contributed by atoms with Crippen LogP contribution in [0.15, 0.2) is 12.3 Å². The molecule has 4 N–H and O–H groups in total. The van der Waals surface area contributed by atoms with Crippen LogP contribution in [0.3, 0.4) is 0 Å². The number of nitrogen functional groups attached to an aromatic ring is 1. The third kappa shape index (κ3) is 2.71. The summed E-state index contributed by atoms with van der Waals surface area (Å²) in [6.45, 7) is 0. The van der Waals surface area contributed by atoms with Gasteiger partial charge in [0.15, 0.2) is 5.82 Å². The molecule has 1 aliphatic carbocycles. The molecule has 1 heterocycles. The number of anilines is 2. The number of nitrogens with zero attached hydrogens (tertiary/aromatic N) is 2. The van der Waals surface area contributed by atoms with E-state index >= 15 is 0 Å². The first kappa shape index (κ1) is 12.7. The van der Waals surface area contributed by atoms with Crippen LogP contribution in [0.5, 0.6) is 0 Å². The molecule has 2 atom stereocenters.